The maximum atomic E-state index is 6.01. The Labute approximate surface area is 132 Å². The molecule has 0 radical (unpaired) electrons. The third-order valence-corrected chi connectivity index (χ3v) is 4.48. The van der Waals surface area contributed by atoms with Gasteiger partial charge in [0, 0.05) is 6.04 Å². The smallest absolute Gasteiger partial charge is 0.172 e. The van der Waals surface area contributed by atoms with Crippen LogP contribution >= 0.6 is 39.7 Å². The van der Waals surface area contributed by atoms with Gasteiger partial charge < -0.3 is 10.6 Å². The van der Waals surface area contributed by atoms with E-state index in [1.165, 1.54) is 32.1 Å². The van der Waals surface area contributed by atoms with Gasteiger partial charge in [0.1, 0.15) is 5.82 Å². The lowest BCUT2D eigenvalue weighted by Gasteiger charge is -2.24. The normalized spacial score (nSPS) is 16.2. The molecule has 3 nitrogen and oxygen atoms in total. The van der Waals surface area contributed by atoms with Crippen LogP contribution in [0.25, 0.3) is 0 Å². The second kappa shape index (κ2) is 6.86. The lowest BCUT2D eigenvalue weighted by molar-refractivity contribution is 0.415. The second-order valence-electron chi connectivity index (χ2n) is 4.82. The quantitative estimate of drug-likeness (QED) is 0.763. The number of hydrogen-bond donors (Lipinski definition) is 2. The molecule has 1 aliphatic carbocycles. The average Bonchev–Trinajstić information content (AvgIpc) is 2.37. The summed E-state index contributed by atoms with van der Waals surface area (Å²) in [5, 5.41) is 7.75. The van der Waals surface area contributed by atoms with Crippen molar-refractivity contribution < 1.29 is 0 Å². The van der Waals surface area contributed by atoms with Crippen molar-refractivity contribution in [3.63, 3.8) is 0 Å². The highest BCUT2D eigenvalue weighted by Crippen LogP contribution is 2.26. The van der Waals surface area contributed by atoms with Crippen LogP contribution in [0.4, 0.5) is 5.82 Å². The van der Waals surface area contributed by atoms with Gasteiger partial charge in [-0.2, -0.15) is 0 Å². The van der Waals surface area contributed by atoms with Crippen LogP contribution in [0.1, 0.15) is 37.8 Å². The molecule has 0 spiro atoms. The number of aromatic nitrogens is 1. The van der Waals surface area contributed by atoms with Crippen molar-refractivity contribution in [3.8, 4) is 0 Å². The number of nitrogens with one attached hydrogen (secondary N) is 2. The van der Waals surface area contributed by atoms with Gasteiger partial charge in [-0.1, -0.05) is 30.9 Å². The van der Waals surface area contributed by atoms with E-state index in [4.69, 9.17) is 23.8 Å². The van der Waals surface area contributed by atoms with E-state index < -0.39 is 0 Å². The summed E-state index contributed by atoms with van der Waals surface area (Å²) in [7, 11) is 0. The number of pyridine rings is 1. The van der Waals surface area contributed by atoms with Gasteiger partial charge in [-0.3, -0.25) is 0 Å². The highest BCUT2D eigenvalue weighted by Gasteiger charge is 2.15. The predicted octanol–water partition coefficient (Wildman–Crippen LogP) is 4.43. The summed E-state index contributed by atoms with van der Waals surface area (Å²) < 4.78 is 0.816. The largest absolute Gasteiger partial charge is 0.360 e. The van der Waals surface area contributed by atoms with Gasteiger partial charge in [-0.15, -0.1) is 0 Å². The summed E-state index contributed by atoms with van der Waals surface area (Å²) in [6, 6.07) is 2.32. The Morgan fingerprint density at radius 1 is 1.42 bits per heavy atom. The minimum Gasteiger partial charge on any atom is -0.360 e. The van der Waals surface area contributed by atoms with Crippen LogP contribution in [0.3, 0.4) is 0 Å². The molecule has 0 bridgehead atoms. The van der Waals surface area contributed by atoms with Crippen molar-refractivity contribution in [3.05, 3.63) is 21.3 Å². The molecule has 1 fully saturated rings. The van der Waals surface area contributed by atoms with Gasteiger partial charge in [0.15, 0.2) is 5.11 Å². The molecule has 1 heterocycles. The molecule has 6 heteroatoms. The van der Waals surface area contributed by atoms with Crippen molar-refractivity contribution in [2.45, 2.75) is 45.1 Å². The van der Waals surface area contributed by atoms with E-state index in [1.54, 1.807) is 0 Å². The maximum Gasteiger partial charge on any atom is 0.172 e. The highest BCUT2D eigenvalue weighted by molar-refractivity contribution is 9.10. The summed E-state index contributed by atoms with van der Waals surface area (Å²) in [5.41, 5.74) is 0.785. The molecule has 1 saturated carbocycles. The van der Waals surface area contributed by atoms with Crippen molar-refractivity contribution in [1.29, 1.82) is 0 Å². The zero-order valence-electron chi connectivity index (χ0n) is 10.8. The molecule has 0 aromatic carbocycles. The standard InChI is InChI=1S/C13H17BrClN3S/c1-8-11(15)7-10(14)12(16-8)18-13(19)17-9-5-3-2-4-6-9/h7,9H,2-6H2,1H3,(H2,16,17,18,19). The van der Waals surface area contributed by atoms with E-state index in [0.29, 0.717) is 22.0 Å². The Morgan fingerprint density at radius 3 is 2.79 bits per heavy atom. The third-order valence-electron chi connectivity index (χ3n) is 3.28. The minimum atomic E-state index is 0.487. The Balaban J connectivity index is 1.96. The SMILES string of the molecule is Cc1nc(NC(=S)NC2CCCCC2)c(Br)cc1Cl. The highest BCUT2D eigenvalue weighted by atomic mass is 79.9. The zero-order valence-corrected chi connectivity index (χ0v) is 14.0. The number of hydrogen-bond acceptors (Lipinski definition) is 2. The van der Waals surface area contributed by atoms with Crippen molar-refractivity contribution in [2.75, 3.05) is 5.32 Å². The molecule has 0 saturated heterocycles. The monoisotopic (exact) mass is 361 g/mol. The molecule has 0 unspecified atom stereocenters. The van der Waals surface area contributed by atoms with E-state index in [2.05, 4.69) is 31.5 Å². The number of thiocarbonyl (C=S) groups is 1. The molecule has 0 atom stereocenters. The summed E-state index contributed by atoms with van der Waals surface area (Å²) >= 11 is 14.8. The Morgan fingerprint density at radius 2 is 2.11 bits per heavy atom. The summed E-state index contributed by atoms with van der Waals surface area (Å²) in [4.78, 5) is 4.39. The summed E-state index contributed by atoms with van der Waals surface area (Å²) in [5.74, 6) is 0.704. The molecule has 2 rings (SSSR count). The number of halogens is 2. The van der Waals surface area contributed by atoms with E-state index in [9.17, 15) is 0 Å². The van der Waals surface area contributed by atoms with Crippen LogP contribution in [0.2, 0.25) is 5.02 Å². The number of aryl methyl sites for hydroxylation is 1. The molecule has 1 aromatic rings. The number of anilines is 1. The van der Waals surface area contributed by atoms with Gasteiger partial charge in [0.05, 0.1) is 15.2 Å². The molecule has 1 aliphatic rings. The van der Waals surface area contributed by atoms with Crippen molar-refractivity contribution in [2.24, 2.45) is 0 Å². The Bertz CT molecular complexity index is 475. The number of nitrogens with zero attached hydrogens (tertiary/aromatic N) is 1. The van der Waals surface area contributed by atoms with Crippen LogP contribution in [-0.4, -0.2) is 16.1 Å². The first-order valence-corrected chi connectivity index (χ1v) is 8.04. The van der Waals surface area contributed by atoms with Crippen LogP contribution in [0.15, 0.2) is 10.5 Å². The van der Waals surface area contributed by atoms with Gasteiger partial charge in [0.2, 0.25) is 0 Å². The lowest BCUT2D eigenvalue weighted by atomic mass is 9.96. The van der Waals surface area contributed by atoms with Crippen LogP contribution < -0.4 is 10.6 Å². The van der Waals surface area contributed by atoms with Gasteiger partial charge in [-0.25, -0.2) is 4.98 Å². The first-order valence-electron chi connectivity index (χ1n) is 6.46. The van der Waals surface area contributed by atoms with E-state index >= 15 is 0 Å². The van der Waals surface area contributed by atoms with Crippen LogP contribution in [0.5, 0.6) is 0 Å². The van der Waals surface area contributed by atoms with Crippen LogP contribution in [0, 0.1) is 6.92 Å². The lowest BCUT2D eigenvalue weighted by Crippen LogP contribution is -2.39. The van der Waals surface area contributed by atoms with Gasteiger partial charge >= 0.3 is 0 Å². The van der Waals surface area contributed by atoms with E-state index in [1.807, 2.05) is 13.0 Å². The first-order chi connectivity index (χ1) is 9.06. The summed E-state index contributed by atoms with van der Waals surface area (Å²) in [6.07, 6.45) is 6.28. The third kappa shape index (κ3) is 4.29. The molecule has 0 amide bonds. The molecule has 0 aliphatic heterocycles. The summed E-state index contributed by atoms with van der Waals surface area (Å²) in [6.45, 7) is 1.87. The van der Waals surface area contributed by atoms with Crippen molar-refractivity contribution >= 4 is 50.7 Å². The molecule has 104 valence electrons. The maximum absolute atomic E-state index is 6.01. The van der Waals surface area contributed by atoms with Crippen molar-refractivity contribution in [1.82, 2.24) is 10.3 Å². The fraction of sp³-hybridized carbons (Fsp3) is 0.538. The molecule has 2 N–H and O–H groups in total. The molecule has 19 heavy (non-hydrogen) atoms. The molecular weight excluding hydrogens is 346 g/mol. The Kier molecular flexibility index (Phi) is 5.42. The fourth-order valence-corrected chi connectivity index (χ4v) is 3.19. The Hall–Kier alpha value is -0.390. The zero-order chi connectivity index (χ0) is 13.8. The molecule has 1 aromatic heterocycles. The average molecular weight is 363 g/mol. The number of rotatable bonds is 2. The van der Waals surface area contributed by atoms with Crippen LogP contribution in [-0.2, 0) is 0 Å². The van der Waals surface area contributed by atoms with Gasteiger partial charge in [0.25, 0.3) is 0 Å². The van der Waals surface area contributed by atoms with E-state index in [-0.39, 0.29) is 0 Å². The first kappa shape index (κ1) is 15.0. The second-order valence-corrected chi connectivity index (χ2v) is 6.49. The fourth-order valence-electron chi connectivity index (χ4n) is 2.22. The molecular formula is C13H17BrClN3S. The topological polar surface area (TPSA) is 37.0 Å². The minimum absolute atomic E-state index is 0.487. The van der Waals surface area contributed by atoms with Gasteiger partial charge in [-0.05, 0) is 54.0 Å². The predicted molar refractivity (Wildman–Crippen MR) is 87.9 cm³/mol. The van der Waals surface area contributed by atoms with E-state index in [0.717, 1.165) is 10.2 Å².